The van der Waals surface area contributed by atoms with Crippen LogP contribution in [-0.4, -0.2) is 58.1 Å². The number of rotatable bonds is 8. The number of carbonyl (C=O) groups excluding carboxylic acids is 2. The van der Waals surface area contributed by atoms with Crippen LogP contribution in [0, 0.1) is 0 Å². The van der Waals surface area contributed by atoms with Crippen molar-refractivity contribution in [3.05, 3.63) is 70.2 Å². The van der Waals surface area contributed by atoms with Gasteiger partial charge in [0.15, 0.2) is 5.58 Å². The van der Waals surface area contributed by atoms with E-state index in [2.05, 4.69) is 25.4 Å². The predicted molar refractivity (Wildman–Crippen MR) is 141 cm³/mol. The molecule has 0 spiro atoms. The molecule has 0 radical (unpaired) electrons. The van der Waals surface area contributed by atoms with Crippen molar-refractivity contribution >= 4 is 34.4 Å². The number of para-hydroxylation sites is 2. The van der Waals surface area contributed by atoms with Gasteiger partial charge in [0.2, 0.25) is 0 Å². The Bertz CT molecular complexity index is 1340. The van der Waals surface area contributed by atoms with Gasteiger partial charge in [-0.2, -0.15) is 8.78 Å². The molecule has 4 aromatic rings. The summed E-state index contributed by atoms with van der Waals surface area (Å²) in [6, 6.07) is 13.7. The summed E-state index contributed by atoms with van der Waals surface area (Å²) in [5, 5.41) is 12.0. The average Bonchev–Trinajstić information content (AvgIpc) is 3.55. The Morgan fingerprint density at radius 3 is 2.56 bits per heavy atom. The molecule has 0 atom stereocenters. The predicted octanol–water partition coefficient (Wildman–Crippen LogP) is 5.31. The summed E-state index contributed by atoms with van der Waals surface area (Å²) < 4.78 is 39.4. The first-order valence-electron chi connectivity index (χ1n) is 11.9. The van der Waals surface area contributed by atoms with E-state index in [9.17, 15) is 18.4 Å². The Labute approximate surface area is 227 Å². The number of fused-ring (bicyclic) bond motifs is 1. The number of likely N-dealkylation sites (N-methyl/N-ethyl adjacent to an activating group) is 1. The summed E-state index contributed by atoms with van der Waals surface area (Å²) in [5.41, 5.74) is 1.62. The number of carbonyl (C=O) groups is 2. The maximum Gasteiger partial charge on any atom is 0.410 e. The summed E-state index contributed by atoms with van der Waals surface area (Å²) in [5.74, 6) is -0.415. The Hall–Kier alpha value is -4.13. The molecule has 208 valence electrons. The van der Waals surface area contributed by atoms with Gasteiger partial charge in [0.05, 0.1) is 5.01 Å². The van der Waals surface area contributed by atoms with Crippen molar-refractivity contribution < 1.29 is 32.4 Å². The Morgan fingerprint density at radius 1 is 1.13 bits per heavy atom. The lowest BCUT2D eigenvalue weighted by Gasteiger charge is -2.24. The van der Waals surface area contributed by atoms with Crippen LogP contribution in [0.2, 0.25) is 0 Å². The van der Waals surface area contributed by atoms with Gasteiger partial charge in [-0.25, -0.2) is 9.78 Å². The van der Waals surface area contributed by atoms with E-state index in [0.29, 0.717) is 23.5 Å². The Kier molecular flexibility index (Phi) is 10.3. The highest BCUT2D eigenvalue weighted by atomic mass is 32.1. The van der Waals surface area contributed by atoms with E-state index in [1.165, 1.54) is 22.3 Å². The van der Waals surface area contributed by atoms with E-state index in [4.69, 9.17) is 9.26 Å². The summed E-state index contributed by atoms with van der Waals surface area (Å²) in [6.45, 7) is 2.85. The van der Waals surface area contributed by atoms with Crippen LogP contribution in [0.4, 0.5) is 13.6 Å². The lowest BCUT2D eigenvalue weighted by molar-refractivity contribution is -0.0504. The summed E-state index contributed by atoms with van der Waals surface area (Å²) in [6.07, 6.45) is 0.0420. The zero-order valence-corrected chi connectivity index (χ0v) is 22.7. The van der Waals surface area contributed by atoms with Crippen molar-refractivity contribution in [1.82, 2.24) is 25.6 Å². The van der Waals surface area contributed by atoms with Crippen LogP contribution in [0.1, 0.15) is 41.8 Å². The van der Waals surface area contributed by atoms with E-state index >= 15 is 0 Å². The van der Waals surface area contributed by atoms with Gasteiger partial charge in [0.25, 0.3) is 5.91 Å². The molecule has 39 heavy (non-hydrogen) atoms. The van der Waals surface area contributed by atoms with E-state index in [-0.39, 0.29) is 18.0 Å². The minimum atomic E-state index is -2.94. The van der Waals surface area contributed by atoms with Crippen molar-refractivity contribution in [2.45, 2.75) is 45.9 Å². The van der Waals surface area contributed by atoms with Crippen LogP contribution in [0.5, 0.6) is 5.75 Å². The largest absolute Gasteiger partial charge is 0.444 e. The fraction of sp³-hybridized carbons (Fsp3) is 0.346. The second-order valence-corrected chi connectivity index (χ2v) is 10.1. The topological polar surface area (TPSA) is 120 Å². The number of amides is 2. The number of thiazole rings is 1. The third-order valence-electron chi connectivity index (χ3n) is 4.93. The molecule has 0 saturated heterocycles. The molecule has 0 saturated carbocycles. The van der Waals surface area contributed by atoms with Crippen LogP contribution < -0.4 is 10.1 Å². The number of nitrogens with zero attached hydrogens (tertiary/aromatic N) is 4. The lowest BCUT2D eigenvalue weighted by atomic mass is 10.2. The van der Waals surface area contributed by atoms with Crippen LogP contribution in [0.15, 0.2) is 58.4 Å². The standard InChI is InChI=1S/C20H25F2N3O4S.C6H4N2O/c1-20(2,3)29-19(27)25(4)10-9-16-24-14(12-30-16)17(26)23-11-13-7-5-6-8-15(13)28-18(21)22;1-2-4-6-5(3-1)7-8-9-6/h5-8,12,18H,9-11H2,1-4H3,(H,23,26);1-4H. The number of halogens is 2. The van der Waals surface area contributed by atoms with Gasteiger partial charge in [-0.3, -0.25) is 4.79 Å². The van der Waals surface area contributed by atoms with Crippen molar-refractivity contribution in [3.8, 4) is 5.75 Å². The molecule has 0 unspecified atom stereocenters. The van der Waals surface area contributed by atoms with Crippen molar-refractivity contribution in [2.24, 2.45) is 0 Å². The van der Waals surface area contributed by atoms with Crippen LogP contribution in [-0.2, 0) is 17.7 Å². The monoisotopic (exact) mass is 561 g/mol. The highest BCUT2D eigenvalue weighted by Crippen LogP contribution is 2.20. The van der Waals surface area contributed by atoms with Crippen LogP contribution >= 0.6 is 11.3 Å². The molecule has 0 fully saturated rings. The fourth-order valence-electron chi connectivity index (χ4n) is 3.08. The van der Waals surface area contributed by atoms with Gasteiger partial charge in [0, 0.05) is 42.8 Å². The van der Waals surface area contributed by atoms with Gasteiger partial charge >= 0.3 is 12.7 Å². The zero-order valence-electron chi connectivity index (χ0n) is 21.9. The molecule has 2 aromatic carbocycles. The molecular weight excluding hydrogens is 532 g/mol. The molecule has 0 aliphatic rings. The van der Waals surface area contributed by atoms with E-state index in [1.807, 2.05) is 24.3 Å². The number of hydrogen-bond acceptors (Lipinski definition) is 9. The molecule has 4 rings (SSSR count). The molecule has 2 heterocycles. The van der Waals surface area contributed by atoms with Crippen molar-refractivity contribution in [1.29, 1.82) is 0 Å². The molecule has 0 aliphatic carbocycles. The number of alkyl halides is 2. The molecule has 10 nitrogen and oxygen atoms in total. The number of ether oxygens (including phenoxy) is 2. The fourth-order valence-corrected chi connectivity index (χ4v) is 3.84. The SMILES string of the molecule is CN(CCc1nc(C(=O)NCc2ccccc2OC(F)F)cs1)C(=O)OC(C)(C)C.c1ccc2onnc2c1. The first kappa shape index (κ1) is 29.4. The molecule has 1 N–H and O–H groups in total. The van der Waals surface area contributed by atoms with E-state index < -0.39 is 24.2 Å². The molecular formula is C26H29F2N5O5S. The number of hydrogen-bond donors (Lipinski definition) is 1. The van der Waals surface area contributed by atoms with Crippen LogP contribution in [0.25, 0.3) is 11.1 Å². The first-order valence-corrected chi connectivity index (χ1v) is 12.8. The van der Waals surface area contributed by atoms with Gasteiger partial charge in [-0.15, -0.1) is 16.4 Å². The Balaban J connectivity index is 0.000000387. The molecule has 0 bridgehead atoms. The highest BCUT2D eigenvalue weighted by Gasteiger charge is 2.20. The smallest absolute Gasteiger partial charge is 0.410 e. The number of benzene rings is 2. The zero-order chi connectivity index (χ0) is 28.4. The first-order chi connectivity index (χ1) is 18.5. The lowest BCUT2D eigenvalue weighted by Crippen LogP contribution is -2.35. The number of nitrogens with one attached hydrogen (secondary N) is 1. The average molecular weight is 562 g/mol. The molecule has 2 amide bonds. The third kappa shape index (κ3) is 9.60. The normalized spacial score (nSPS) is 11.1. The maximum atomic E-state index is 12.5. The minimum Gasteiger partial charge on any atom is -0.444 e. The summed E-state index contributed by atoms with van der Waals surface area (Å²) in [7, 11) is 1.63. The van der Waals surface area contributed by atoms with E-state index in [0.717, 1.165) is 11.1 Å². The maximum absolute atomic E-state index is 12.5. The molecule has 0 aliphatic heterocycles. The third-order valence-corrected chi connectivity index (χ3v) is 5.84. The molecule has 2 aromatic heterocycles. The van der Waals surface area contributed by atoms with Gasteiger partial charge in [-0.05, 0) is 39.0 Å². The number of aromatic nitrogens is 3. The quantitative estimate of drug-likeness (QED) is 0.308. The second-order valence-electron chi connectivity index (χ2n) is 9.19. The molecule has 13 heteroatoms. The van der Waals surface area contributed by atoms with Gasteiger partial charge < -0.3 is 24.2 Å². The van der Waals surface area contributed by atoms with Gasteiger partial charge in [-0.1, -0.05) is 30.3 Å². The second kappa shape index (κ2) is 13.6. The van der Waals surface area contributed by atoms with Crippen molar-refractivity contribution in [3.63, 3.8) is 0 Å². The summed E-state index contributed by atoms with van der Waals surface area (Å²) in [4.78, 5) is 30.0. The minimum absolute atomic E-state index is 0.0111. The van der Waals surface area contributed by atoms with Crippen molar-refractivity contribution in [2.75, 3.05) is 13.6 Å². The highest BCUT2D eigenvalue weighted by molar-refractivity contribution is 7.09. The Morgan fingerprint density at radius 2 is 1.85 bits per heavy atom. The van der Waals surface area contributed by atoms with Gasteiger partial charge in [0.1, 0.15) is 22.6 Å². The van der Waals surface area contributed by atoms with Crippen LogP contribution in [0.3, 0.4) is 0 Å². The van der Waals surface area contributed by atoms with E-state index in [1.54, 1.807) is 51.4 Å². The summed E-state index contributed by atoms with van der Waals surface area (Å²) >= 11 is 1.30.